The third-order valence-electron chi connectivity index (χ3n) is 2.03. The summed E-state index contributed by atoms with van der Waals surface area (Å²) in [7, 11) is 3.64. The lowest BCUT2D eigenvalue weighted by atomic mass is 10.2. The van der Waals surface area contributed by atoms with Crippen LogP contribution in [0.25, 0.3) is 0 Å². The van der Waals surface area contributed by atoms with Gasteiger partial charge in [0, 0.05) is 26.3 Å². The Morgan fingerprint density at radius 2 is 2.40 bits per heavy atom. The van der Waals surface area contributed by atoms with Crippen molar-refractivity contribution in [1.29, 1.82) is 0 Å². The van der Waals surface area contributed by atoms with Crippen molar-refractivity contribution in [3.8, 4) is 0 Å². The van der Waals surface area contributed by atoms with Gasteiger partial charge in [-0.25, -0.2) is 4.98 Å². The number of nitrogens with zero attached hydrogens (tertiary/aromatic N) is 2. The van der Waals surface area contributed by atoms with Crippen LogP contribution in [0.2, 0.25) is 0 Å². The molecule has 0 fully saturated rings. The molecule has 1 aromatic rings. The molecule has 0 radical (unpaired) electrons. The lowest BCUT2D eigenvalue weighted by Crippen LogP contribution is -2.33. The molecule has 1 aromatic heterocycles. The van der Waals surface area contributed by atoms with Gasteiger partial charge in [0.25, 0.3) is 5.91 Å². The first-order valence-electron chi connectivity index (χ1n) is 4.67. The molecule has 1 heterocycles. The Morgan fingerprint density at radius 1 is 1.67 bits per heavy atom. The van der Waals surface area contributed by atoms with Crippen LogP contribution >= 0.6 is 15.9 Å². The van der Waals surface area contributed by atoms with E-state index in [1.54, 1.807) is 30.3 Å². The Balaban J connectivity index is 2.72. The van der Waals surface area contributed by atoms with Gasteiger partial charge in [0.05, 0.1) is 5.56 Å². The van der Waals surface area contributed by atoms with Gasteiger partial charge in [0.1, 0.15) is 4.60 Å². The molecule has 1 N–H and O–H groups in total. The van der Waals surface area contributed by atoms with Crippen LogP contribution in [-0.4, -0.2) is 43.0 Å². The molecule has 0 aliphatic carbocycles. The van der Waals surface area contributed by atoms with Crippen LogP contribution in [0.1, 0.15) is 10.4 Å². The van der Waals surface area contributed by atoms with E-state index in [9.17, 15) is 4.79 Å². The molecule has 0 saturated heterocycles. The van der Waals surface area contributed by atoms with E-state index >= 15 is 0 Å². The van der Waals surface area contributed by atoms with E-state index in [-0.39, 0.29) is 5.91 Å². The number of aromatic nitrogens is 1. The zero-order chi connectivity index (χ0) is 11.3. The average molecular weight is 272 g/mol. The minimum Gasteiger partial charge on any atom is -0.340 e. The SMILES string of the molecule is CNCCN(C)C(=O)c1cccnc1Br. The number of pyridine rings is 1. The number of likely N-dealkylation sites (N-methyl/N-ethyl adjacent to an activating group) is 2. The smallest absolute Gasteiger partial charge is 0.256 e. The number of hydrogen-bond donors (Lipinski definition) is 1. The third-order valence-corrected chi connectivity index (χ3v) is 2.67. The van der Waals surface area contributed by atoms with Crippen LogP contribution in [0, 0.1) is 0 Å². The normalized spacial score (nSPS) is 10.1. The van der Waals surface area contributed by atoms with Gasteiger partial charge < -0.3 is 10.2 Å². The topological polar surface area (TPSA) is 45.2 Å². The number of carbonyl (C=O) groups is 1. The molecule has 15 heavy (non-hydrogen) atoms. The summed E-state index contributed by atoms with van der Waals surface area (Å²) in [5, 5.41) is 3.00. The number of hydrogen-bond acceptors (Lipinski definition) is 3. The first-order valence-corrected chi connectivity index (χ1v) is 5.46. The van der Waals surface area contributed by atoms with E-state index in [1.165, 1.54) is 0 Å². The van der Waals surface area contributed by atoms with Crippen LogP contribution in [0.5, 0.6) is 0 Å². The van der Waals surface area contributed by atoms with Gasteiger partial charge in [0.2, 0.25) is 0 Å². The van der Waals surface area contributed by atoms with Crippen molar-refractivity contribution in [3.05, 3.63) is 28.5 Å². The van der Waals surface area contributed by atoms with E-state index < -0.39 is 0 Å². The molecule has 1 rings (SSSR count). The lowest BCUT2D eigenvalue weighted by Gasteiger charge is -2.17. The Bertz CT molecular complexity index is 343. The van der Waals surface area contributed by atoms with E-state index in [0.29, 0.717) is 16.7 Å². The molecule has 1 amide bonds. The minimum absolute atomic E-state index is 0.0229. The largest absolute Gasteiger partial charge is 0.340 e. The van der Waals surface area contributed by atoms with E-state index in [4.69, 9.17) is 0 Å². The second-order valence-corrected chi connectivity index (χ2v) is 3.92. The predicted molar refractivity (Wildman–Crippen MR) is 62.8 cm³/mol. The predicted octanol–water partition coefficient (Wildman–Crippen LogP) is 1.14. The molecule has 4 nitrogen and oxygen atoms in total. The second kappa shape index (κ2) is 5.82. The minimum atomic E-state index is -0.0229. The Morgan fingerprint density at radius 3 is 3.00 bits per heavy atom. The van der Waals surface area contributed by atoms with Gasteiger partial charge in [-0.2, -0.15) is 0 Å². The highest BCUT2D eigenvalue weighted by atomic mass is 79.9. The van der Waals surface area contributed by atoms with Gasteiger partial charge in [-0.15, -0.1) is 0 Å². The summed E-state index contributed by atoms with van der Waals surface area (Å²) in [6.07, 6.45) is 1.65. The molecular weight excluding hydrogens is 258 g/mol. The van der Waals surface area contributed by atoms with Crippen LogP contribution in [0.4, 0.5) is 0 Å². The Hall–Kier alpha value is -0.940. The number of nitrogens with one attached hydrogen (secondary N) is 1. The molecule has 82 valence electrons. The van der Waals surface area contributed by atoms with Crippen molar-refractivity contribution < 1.29 is 4.79 Å². The summed E-state index contributed by atoms with van der Waals surface area (Å²) in [5.74, 6) is -0.0229. The van der Waals surface area contributed by atoms with Crippen LogP contribution in [0.15, 0.2) is 22.9 Å². The molecule has 0 saturated carbocycles. The Kier molecular flexibility index (Phi) is 4.71. The zero-order valence-corrected chi connectivity index (χ0v) is 10.4. The van der Waals surface area contributed by atoms with Gasteiger partial charge in [-0.1, -0.05) is 0 Å². The molecular formula is C10H14BrN3O. The van der Waals surface area contributed by atoms with Crippen molar-refractivity contribution in [2.45, 2.75) is 0 Å². The maximum atomic E-state index is 11.9. The number of carbonyl (C=O) groups excluding carboxylic acids is 1. The summed E-state index contributed by atoms with van der Waals surface area (Å²) >= 11 is 3.26. The fourth-order valence-electron chi connectivity index (χ4n) is 1.13. The van der Waals surface area contributed by atoms with E-state index in [2.05, 4.69) is 26.2 Å². The summed E-state index contributed by atoms with van der Waals surface area (Å²) in [5.41, 5.74) is 0.594. The van der Waals surface area contributed by atoms with Crippen LogP contribution in [0.3, 0.4) is 0 Å². The Labute approximate surface area is 97.8 Å². The molecule has 0 aliphatic rings. The first-order chi connectivity index (χ1) is 7.16. The van der Waals surface area contributed by atoms with Crippen molar-refractivity contribution in [2.24, 2.45) is 0 Å². The molecule has 0 atom stereocenters. The number of rotatable bonds is 4. The van der Waals surface area contributed by atoms with Crippen molar-refractivity contribution >= 4 is 21.8 Å². The van der Waals surface area contributed by atoms with Gasteiger partial charge in [0.15, 0.2) is 0 Å². The van der Waals surface area contributed by atoms with Crippen LogP contribution < -0.4 is 5.32 Å². The molecule has 0 bridgehead atoms. The highest BCUT2D eigenvalue weighted by Crippen LogP contribution is 2.14. The van der Waals surface area contributed by atoms with Crippen molar-refractivity contribution in [2.75, 3.05) is 27.2 Å². The van der Waals surface area contributed by atoms with Crippen molar-refractivity contribution in [3.63, 3.8) is 0 Å². The van der Waals surface area contributed by atoms with Crippen molar-refractivity contribution in [1.82, 2.24) is 15.2 Å². The molecule has 0 aromatic carbocycles. The maximum absolute atomic E-state index is 11.9. The zero-order valence-electron chi connectivity index (χ0n) is 8.83. The highest BCUT2D eigenvalue weighted by Gasteiger charge is 2.14. The van der Waals surface area contributed by atoms with Gasteiger partial charge in [-0.3, -0.25) is 4.79 Å². The highest BCUT2D eigenvalue weighted by molar-refractivity contribution is 9.10. The number of halogens is 1. The number of amides is 1. The molecule has 0 spiro atoms. The summed E-state index contributed by atoms with van der Waals surface area (Å²) in [6.45, 7) is 1.46. The molecule has 0 unspecified atom stereocenters. The quantitative estimate of drug-likeness (QED) is 0.836. The maximum Gasteiger partial charge on any atom is 0.256 e. The fraction of sp³-hybridized carbons (Fsp3) is 0.400. The van der Waals surface area contributed by atoms with Gasteiger partial charge in [-0.05, 0) is 35.1 Å². The summed E-state index contributed by atoms with van der Waals surface area (Å²) in [6, 6.07) is 3.51. The summed E-state index contributed by atoms with van der Waals surface area (Å²) < 4.78 is 0.589. The monoisotopic (exact) mass is 271 g/mol. The first kappa shape index (κ1) is 12.1. The fourth-order valence-corrected chi connectivity index (χ4v) is 1.55. The van der Waals surface area contributed by atoms with E-state index in [0.717, 1.165) is 6.54 Å². The molecule has 0 aliphatic heterocycles. The lowest BCUT2D eigenvalue weighted by molar-refractivity contribution is 0.0795. The average Bonchev–Trinajstić information content (AvgIpc) is 2.25. The third kappa shape index (κ3) is 3.28. The van der Waals surface area contributed by atoms with Crippen LogP contribution in [-0.2, 0) is 0 Å². The second-order valence-electron chi connectivity index (χ2n) is 3.17. The summed E-state index contributed by atoms with van der Waals surface area (Å²) in [4.78, 5) is 17.6. The van der Waals surface area contributed by atoms with E-state index in [1.807, 2.05) is 7.05 Å². The molecule has 5 heteroatoms. The van der Waals surface area contributed by atoms with Gasteiger partial charge >= 0.3 is 0 Å². The standard InChI is InChI=1S/C10H14BrN3O/c1-12-6-7-14(2)10(15)8-4-3-5-13-9(8)11/h3-5,12H,6-7H2,1-2H3.